The molecule has 122 valence electrons. The number of H-pyrrole nitrogens is 1. The largest absolute Gasteiger partial charge is 0.381 e. The van der Waals surface area contributed by atoms with Crippen LogP contribution in [-0.4, -0.2) is 63.2 Å². The number of likely N-dealkylation sites (tertiary alicyclic amines) is 1. The number of hydrogen-bond acceptors (Lipinski definition) is 7. The van der Waals surface area contributed by atoms with Gasteiger partial charge in [0.25, 0.3) is 5.56 Å². The molecule has 0 spiro atoms. The fourth-order valence-electron chi connectivity index (χ4n) is 3.42. The van der Waals surface area contributed by atoms with Crippen molar-refractivity contribution in [2.45, 2.75) is 31.3 Å². The molecule has 0 radical (unpaired) electrons. The lowest BCUT2D eigenvalue weighted by Gasteiger charge is -2.31. The average molecular weight is 316 g/mol. The van der Waals surface area contributed by atoms with Crippen molar-refractivity contribution in [3.05, 3.63) is 22.9 Å². The van der Waals surface area contributed by atoms with Crippen molar-refractivity contribution < 1.29 is 4.74 Å². The highest BCUT2D eigenvalue weighted by molar-refractivity contribution is 5.69. The van der Waals surface area contributed by atoms with E-state index < -0.39 is 0 Å². The van der Waals surface area contributed by atoms with E-state index in [9.17, 15) is 4.79 Å². The summed E-state index contributed by atoms with van der Waals surface area (Å²) in [6.45, 7) is 3.82. The van der Waals surface area contributed by atoms with Gasteiger partial charge in [-0.3, -0.25) is 9.69 Å². The number of ether oxygens (including phenoxy) is 1. The molecule has 0 aromatic carbocycles. The van der Waals surface area contributed by atoms with Gasteiger partial charge in [-0.1, -0.05) is 0 Å². The molecule has 0 aliphatic carbocycles. The highest BCUT2D eigenvalue weighted by Gasteiger charge is 2.29. The Hall–Kier alpha value is -2.06. The standard InChI is InChI=1S/C15H20N6O2/c22-15-13-14(17-9-18-15)16-7-12(20-13)19-10-1-4-21(8-10)11-2-5-23-6-3-11/h7,9-11H,1-6,8H2,(H,19,20)(H,16,17,18,22). The zero-order chi connectivity index (χ0) is 15.6. The van der Waals surface area contributed by atoms with Gasteiger partial charge in [0.05, 0.1) is 12.5 Å². The molecular weight excluding hydrogens is 296 g/mol. The van der Waals surface area contributed by atoms with Crippen molar-refractivity contribution in [3.63, 3.8) is 0 Å². The maximum Gasteiger partial charge on any atom is 0.278 e. The van der Waals surface area contributed by atoms with Gasteiger partial charge in [0.1, 0.15) is 5.82 Å². The van der Waals surface area contributed by atoms with Crippen molar-refractivity contribution in [1.29, 1.82) is 0 Å². The molecule has 2 aliphatic heterocycles. The maximum absolute atomic E-state index is 11.8. The van der Waals surface area contributed by atoms with Crippen LogP contribution in [0.3, 0.4) is 0 Å². The van der Waals surface area contributed by atoms with E-state index in [1.54, 1.807) is 6.20 Å². The molecule has 2 aromatic heterocycles. The highest BCUT2D eigenvalue weighted by Crippen LogP contribution is 2.22. The number of rotatable bonds is 3. The lowest BCUT2D eigenvalue weighted by Crippen LogP contribution is -2.39. The van der Waals surface area contributed by atoms with Crippen molar-refractivity contribution >= 4 is 17.0 Å². The Bertz CT molecular complexity index is 742. The van der Waals surface area contributed by atoms with E-state index in [-0.39, 0.29) is 11.1 Å². The molecular formula is C15H20N6O2. The number of nitrogens with one attached hydrogen (secondary N) is 2. The third kappa shape index (κ3) is 3.04. The van der Waals surface area contributed by atoms with Gasteiger partial charge in [-0.05, 0) is 19.3 Å². The van der Waals surface area contributed by atoms with Gasteiger partial charge < -0.3 is 15.0 Å². The van der Waals surface area contributed by atoms with E-state index in [0.29, 0.717) is 23.5 Å². The Morgan fingerprint density at radius 3 is 3.00 bits per heavy atom. The van der Waals surface area contributed by atoms with E-state index in [1.165, 1.54) is 6.33 Å². The van der Waals surface area contributed by atoms with Crippen LogP contribution in [0.4, 0.5) is 5.82 Å². The molecule has 1 atom stereocenters. The predicted octanol–water partition coefficient (Wildman–Crippen LogP) is 0.378. The number of aromatic amines is 1. The summed E-state index contributed by atoms with van der Waals surface area (Å²) in [5.41, 5.74) is 0.382. The van der Waals surface area contributed by atoms with Gasteiger partial charge in [0.2, 0.25) is 0 Å². The Balaban J connectivity index is 1.44. The first-order valence-electron chi connectivity index (χ1n) is 8.08. The van der Waals surface area contributed by atoms with E-state index >= 15 is 0 Å². The number of hydrogen-bond donors (Lipinski definition) is 2. The van der Waals surface area contributed by atoms with Crippen LogP contribution in [0.2, 0.25) is 0 Å². The molecule has 2 aliphatic rings. The molecule has 2 N–H and O–H groups in total. The number of anilines is 1. The minimum absolute atomic E-state index is 0.263. The van der Waals surface area contributed by atoms with Crippen molar-refractivity contribution in [1.82, 2.24) is 24.8 Å². The van der Waals surface area contributed by atoms with Crippen LogP contribution < -0.4 is 10.9 Å². The van der Waals surface area contributed by atoms with Gasteiger partial charge in [0.15, 0.2) is 11.2 Å². The molecule has 8 nitrogen and oxygen atoms in total. The molecule has 2 fully saturated rings. The molecule has 4 heterocycles. The van der Waals surface area contributed by atoms with E-state index in [2.05, 4.69) is 30.2 Å². The minimum atomic E-state index is -0.263. The third-order valence-corrected chi connectivity index (χ3v) is 4.63. The van der Waals surface area contributed by atoms with Crippen molar-refractivity contribution in [2.24, 2.45) is 0 Å². The predicted molar refractivity (Wildman–Crippen MR) is 85.4 cm³/mol. The topological polar surface area (TPSA) is 96.0 Å². The summed E-state index contributed by atoms with van der Waals surface area (Å²) in [4.78, 5) is 29.4. The summed E-state index contributed by atoms with van der Waals surface area (Å²) < 4.78 is 5.43. The van der Waals surface area contributed by atoms with Crippen molar-refractivity contribution in [2.75, 3.05) is 31.6 Å². The zero-order valence-corrected chi connectivity index (χ0v) is 12.9. The van der Waals surface area contributed by atoms with Gasteiger partial charge in [0, 0.05) is 38.4 Å². The molecule has 2 saturated heterocycles. The number of fused-ring (bicyclic) bond motifs is 1. The van der Waals surface area contributed by atoms with E-state index in [0.717, 1.165) is 45.6 Å². The number of aromatic nitrogens is 4. The highest BCUT2D eigenvalue weighted by atomic mass is 16.5. The van der Waals surface area contributed by atoms with Gasteiger partial charge in [-0.2, -0.15) is 0 Å². The zero-order valence-electron chi connectivity index (χ0n) is 12.9. The van der Waals surface area contributed by atoms with E-state index in [1.807, 2.05) is 0 Å². The van der Waals surface area contributed by atoms with Crippen LogP contribution in [-0.2, 0) is 4.74 Å². The first kappa shape index (κ1) is 14.5. The smallest absolute Gasteiger partial charge is 0.278 e. The Labute approximate surface area is 133 Å². The number of nitrogens with zero attached hydrogens (tertiary/aromatic N) is 4. The fourth-order valence-corrected chi connectivity index (χ4v) is 3.42. The minimum Gasteiger partial charge on any atom is -0.381 e. The molecule has 0 saturated carbocycles. The molecule has 2 aromatic rings. The van der Waals surface area contributed by atoms with Crippen LogP contribution in [0, 0.1) is 0 Å². The van der Waals surface area contributed by atoms with Crippen LogP contribution in [0.1, 0.15) is 19.3 Å². The summed E-state index contributed by atoms with van der Waals surface area (Å²) in [5, 5.41) is 3.40. The summed E-state index contributed by atoms with van der Waals surface area (Å²) in [7, 11) is 0. The molecule has 0 amide bonds. The van der Waals surface area contributed by atoms with Crippen LogP contribution in [0.25, 0.3) is 11.2 Å². The summed E-state index contributed by atoms with van der Waals surface area (Å²) in [6, 6.07) is 0.964. The van der Waals surface area contributed by atoms with Gasteiger partial charge in [-0.15, -0.1) is 0 Å². The second-order valence-corrected chi connectivity index (χ2v) is 6.13. The summed E-state index contributed by atoms with van der Waals surface area (Å²) in [6.07, 6.45) is 6.29. The molecule has 23 heavy (non-hydrogen) atoms. The quantitative estimate of drug-likeness (QED) is 0.845. The second-order valence-electron chi connectivity index (χ2n) is 6.13. The second kappa shape index (κ2) is 6.21. The normalized spacial score (nSPS) is 23.4. The summed E-state index contributed by atoms with van der Waals surface area (Å²) >= 11 is 0. The van der Waals surface area contributed by atoms with E-state index in [4.69, 9.17) is 4.74 Å². The first-order valence-corrected chi connectivity index (χ1v) is 8.08. The third-order valence-electron chi connectivity index (χ3n) is 4.63. The van der Waals surface area contributed by atoms with Crippen molar-refractivity contribution in [3.8, 4) is 0 Å². The monoisotopic (exact) mass is 316 g/mol. The Kier molecular flexibility index (Phi) is 3.92. The van der Waals surface area contributed by atoms with Crippen LogP contribution >= 0.6 is 0 Å². The molecule has 8 heteroatoms. The van der Waals surface area contributed by atoms with Crippen LogP contribution in [0.5, 0.6) is 0 Å². The average Bonchev–Trinajstić information content (AvgIpc) is 3.05. The van der Waals surface area contributed by atoms with Gasteiger partial charge >= 0.3 is 0 Å². The first-order chi connectivity index (χ1) is 11.3. The fraction of sp³-hybridized carbons (Fsp3) is 0.600. The van der Waals surface area contributed by atoms with Gasteiger partial charge in [-0.25, -0.2) is 15.0 Å². The lowest BCUT2D eigenvalue weighted by atomic mass is 10.1. The summed E-state index contributed by atoms with van der Waals surface area (Å²) in [5.74, 6) is 0.634. The lowest BCUT2D eigenvalue weighted by molar-refractivity contribution is 0.0421. The molecule has 4 rings (SSSR count). The Morgan fingerprint density at radius 2 is 2.13 bits per heavy atom. The Morgan fingerprint density at radius 1 is 1.26 bits per heavy atom. The van der Waals surface area contributed by atoms with Crippen LogP contribution in [0.15, 0.2) is 17.3 Å². The maximum atomic E-state index is 11.8. The SMILES string of the molecule is O=c1[nH]cnc2ncc(NC3CCN(C4CCOCC4)C3)nc12. The molecule has 0 bridgehead atoms. The molecule has 1 unspecified atom stereocenters.